The van der Waals surface area contributed by atoms with Gasteiger partial charge in [-0.1, -0.05) is 11.6 Å². The predicted molar refractivity (Wildman–Crippen MR) is 66.2 cm³/mol. The average Bonchev–Trinajstić information content (AvgIpc) is 2.57. The third-order valence-electron chi connectivity index (χ3n) is 2.02. The maximum Gasteiger partial charge on any atom is 0.174 e. The fourth-order valence-electron chi connectivity index (χ4n) is 1.30. The summed E-state index contributed by atoms with van der Waals surface area (Å²) >= 11 is 1.49. The van der Waals surface area contributed by atoms with E-state index >= 15 is 0 Å². The first-order valence-corrected chi connectivity index (χ1v) is 5.51. The van der Waals surface area contributed by atoms with Crippen LogP contribution >= 0.6 is 11.5 Å². The van der Waals surface area contributed by atoms with Gasteiger partial charge >= 0.3 is 0 Å². The van der Waals surface area contributed by atoms with Gasteiger partial charge in [-0.05, 0) is 30.6 Å². The zero-order valence-corrected chi connectivity index (χ0v) is 9.88. The van der Waals surface area contributed by atoms with Crippen molar-refractivity contribution in [2.45, 2.75) is 6.92 Å². The lowest BCUT2D eigenvalue weighted by atomic mass is 10.2. The van der Waals surface area contributed by atoms with Crippen LogP contribution < -0.4 is 0 Å². The van der Waals surface area contributed by atoms with E-state index in [-0.39, 0.29) is 0 Å². The van der Waals surface area contributed by atoms with Crippen LogP contribution in [0.5, 0.6) is 0 Å². The average molecular weight is 219 g/mol. The Morgan fingerprint density at radius 1 is 1.40 bits per heavy atom. The summed E-state index contributed by atoms with van der Waals surface area (Å²) < 4.78 is 5.51. The summed E-state index contributed by atoms with van der Waals surface area (Å²) in [5, 5.41) is 1.14. The molecule has 0 radical (unpaired) electrons. The second-order valence-corrected chi connectivity index (χ2v) is 4.52. The Morgan fingerprint density at radius 2 is 2.20 bits per heavy atom. The summed E-state index contributed by atoms with van der Waals surface area (Å²) in [6, 6.07) is 6.32. The number of aromatic nitrogens is 1. The minimum absolute atomic E-state index is 0.812. The number of nitrogens with zero attached hydrogens (tertiary/aromatic N) is 3. The van der Waals surface area contributed by atoms with Gasteiger partial charge in [0.1, 0.15) is 0 Å². The lowest BCUT2D eigenvalue weighted by Gasteiger charge is -2.00. The van der Waals surface area contributed by atoms with Crippen LogP contribution in [0.2, 0.25) is 0 Å². The van der Waals surface area contributed by atoms with E-state index < -0.39 is 0 Å². The number of fused-ring (bicyclic) bond motifs is 1. The fraction of sp³-hybridized carbons (Fsp3) is 0.273. The predicted octanol–water partition coefficient (Wildman–Crippen LogP) is 2.83. The molecule has 0 bridgehead atoms. The van der Waals surface area contributed by atoms with Gasteiger partial charge in [-0.15, -0.1) is 0 Å². The van der Waals surface area contributed by atoms with Gasteiger partial charge in [-0.3, -0.25) is 0 Å². The van der Waals surface area contributed by atoms with Gasteiger partial charge in [0.25, 0.3) is 0 Å². The Hall–Kier alpha value is -1.42. The number of aliphatic imine (C=N–C) groups is 1. The second-order valence-electron chi connectivity index (χ2n) is 3.71. The number of rotatable bonds is 2. The zero-order valence-electron chi connectivity index (χ0n) is 9.06. The van der Waals surface area contributed by atoms with Crippen LogP contribution in [0, 0.1) is 6.92 Å². The molecule has 4 heteroatoms. The topological polar surface area (TPSA) is 28.5 Å². The van der Waals surface area contributed by atoms with Gasteiger partial charge in [0.05, 0.1) is 11.0 Å². The highest BCUT2D eigenvalue weighted by Crippen LogP contribution is 2.29. The van der Waals surface area contributed by atoms with Gasteiger partial charge in [-0.2, -0.15) is 4.37 Å². The third kappa shape index (κ3) is 2.15. The molecule has 15 heavy (non-hydrogen) atoms. The lowest BCUT2D eigenvalue weighted by molar-refractivity contribution is 0.643. The summed E-state index contributed by atoms with van der Waals surface area (Å²) in [5.74, 6) is 0.812. The third-order valence-corrected chi connectivity index (χ3v) is 2.83. The number of benzene rings is 1. The first kappa shape index (κ1) is 10.1. The van der Waals surface area contributed by atoms with Gasteiger partial charge in [-0.25, -0.2) is 4.99 Å². The molecule has 1 heterocycles. The molecule has 0 fully saturated rings. The molecular formula is C11H13N3S. The van der Waals surface area contributed by atoms with Gasteiger partial charge in [0.2, 0.25) is 0 Å². The smallest absolute Gasteiger partial charge is 0.174 e. The van der Waals surface area contributed by atoms with E-state index in [0.29, 0.717) is 0 Å². The van der Waals surface area contributed by atoms with Crippen molar-refractivity contribution in [3.8, 4) is 0 Å². The zero-order chi connectivity index (χ0) is 10.8. The Balaban J connectivity index is 2.48. The summed E-state index contributed by atoms with van der Waals surface area (Å²) in [6.45, 7) is 2.08. The van der Waals surface area contributed by atoms with E-state index in [2.05, 4.69) is 34.5 Å². The van der Waals surface area contributed by atoms with E-state index in [1.807, 2.05) is 19.0 Å². The molecule has 1 aromatic heterocycles. The van der Waals surface area contributed by atoms with E-state index in [4.69, 9.17) is 0 Å². The normalized spacial score (nSPS) is 11.4. The minimum Gasteiger partial charge on any atom is -0.369 e. The van der Waals surface area contributed by atoms with Crippen LogP contribution in [-0.2, 0) is 0 Å². The highest BCUT2D eigenvalue weighted by Gasteiger charge is 2.03. The number of hydrogen-bond acceptors (Lipinski definition) is 3. The van der Waals surface area contributed by atoms with Crippen LogP contribution in [-0.4, -0.2) is 29.7 Å². The Morgan fingerprint density at radius 3 is 2.93 bits per heavy atom. The van der Waals surface area contributed by atoms with Crippen molar-refractivity contribution in [2.24, 2.45) is 4.99 Å². The molecule has 0 aliphatic carbocycles. The molecule has 0 saturated carbocycles. The highest BCUT2D eigenvalue weighted by atomic mass is 32.1. The molecule has 0 aliphatic rings. The van der Waals surface area contributed by atoms with E-state index in [1.54, 1.807) is 6.34 Å². The fourth-order valence-corrected chi connectivity index (χ4v) is 2.01. The number of hydrogen-bond donors (Lipinski definition) is 0. The van der Waals surface area contributed by atoms with Crippen molar-refractivity contribution < 1.29 is 0 Å². The van der Waals surface area contributed by atoms with Crippen molar-refractivity contribution in [3.05, 3.63) is 23.8 Å². The molecule has 3 nitrogen and oxygen atoms in total. The molecule has 1 aromatic carbocycles. The van der Waals surface area contributed by atoms with E-state index in [1.165, 1.54) is 21.8 Å². The van der Waals surface area contributed by atoms with E-state index in [0.717, 1.165) is 11.2 Å². The summed E-state index contributed by atoms with van der Waals surface area (Å²) in [6.07, 6.45) is 1.77. The molecule has 78 valence electrons. The molecule has 0 amide bonds. The molecule has 2 aromatic rings. The van der Waals surface area contributed by atoms with Crippen molar-refractivity contribution in [3.63, 3.8) is 0 Å². The first-order valence-electron chi connectivity index (χ1n) is 4.73. The van der Waals surface area contributed by atoms with Gasteiger partial charge in [0, 0.05) is 19.5 Å². The Kier molecular flexibility index (Phi) is 2.68. The number of aryl methyl sites for hydroxylation is 1. The van der Waals surface area contributed by atoms with Crippen LogP contribution in [0.1, 0.15) is 5.56 Å². The first-order chi connectivity index (χ1) is 7.16. The molecule has 2 rings (SSSR count). The SMILES string of the molecule is Cc1ccc2snc(N=CN(C)C)c2c1. The van der Waals surface area contributed by atoms with Crippen LogP contribution in [0.25, 0.3) is 10.1 Å². The van der Waals surface area contributed by atoms with Crippen LogP contribution in [0.15, 0.2) is 23.2 Å². The molecule has 0 atom stereocenters. The van der Waals surface area contributed by atoms with E-state index in [9.17, 15) is 0 Å². The maximum atomic E-state index is 4.34. The molecule has 0 saturated heterocycles. The van der Waals surface area contributed by atoms with Crippen molar-refractivity contribution >= 4 is 33.8 Å². The van der Waals surface area contributed by atoms with Crippen molar-refractivity contribution in [1.82, 2.24) is 9.27 Å². The molecule has 0 N–H and O–H groups in total. The quantitative estimate of drug-likeness (QED) is 0.574. The molecule has 0 spiro atoms. The molecule has 0 aliphatic heterocycles. The van der Waals surface area contributed by atoms with Gasteiger partial charge < -0.3 is 4.90 Å². The second kappa shape index (κ2) is 3.98. The van der Waals surface area contributed by atoms with Gasteiger partial charge in [0.15, 0.2) is 5.82 Å². The lowest BCUT2D eigenvalue weighted by Crippen LogP contribution is -2.06. The monoisotopic (exact) mass is 219 g/mol. The van der Waals surface area contributed by atoms with Crippen molar-refractivity contribution in [1.29, 1.82) is 0 Å². The summed E-state index contributed by atoms with van der Waals surface area (Å²) in [4.78, 5) is 6.24. The standard InChI is InChI=1S/C11H13N3S/c1-8-4-5-10-9(6-8)11(13-15-10)12-7-14(2)3/h4-7H,1-3H3. The highest BCUT2D eigenvalue weighted by molar-refractivity contribution is 7.13. The van der Waals surface area contributed by atoms with Crippen LogP contribution in [0.3, 0.4) is 0 Å². The Bertz CT molecular complexity index is 500. The Labute approximate surface area is 93.2 Å². The minimum atomic E-state index is 0.812. The summed E-state index contributed by atoms with van der Waals surface area (Å²) in [5.41, 5.74) is 1.24. The van der Waals surface area contributed by atoms with Crippen molar-refractivity contribution in [2.75, 3.05) is 14.1 Å². The largest absolute Gasteiger partial charge is 0.369 e. The van der Waals surface area contributed by atoms with Crippen LogP contribution in [0.4, 0.5) is 5.82 Å². The molecule has 0 unspecified atom stereocenters. The summed E-state index contributed by atoms with van der Waals surface area (Å²) in [7, 11) is 3.90. The maximum absolute atomic E-state index is 4.34. The molecular weight excluding hydrogens is 206 g/mol.